The standard InChI is InChI=1S/C23H23NO6/c1-15-16(2)22(26)30-20-13-18(10-11-19(15)20)29-21(25)9-6-12-24-23(27)28-14-17-7-4-3-5-8-17/h3-5,7-8,10-11,13H,6,9,12,14H2,1-2H3,(H,24,27). The Hall–Kier alpha value is -3.61. The third kappa shape index (κ3) is 5.47. The van der Waals surface area contributed by atoms with Crippen molar-refractivity contribution in [2.45, 2.75) is 33.3 Å². The predicted octanol–water partition coefficient (Wildman–Crippen LogP) is 4.02. The van der Waals surface area contributed by atoms with Crippen LogP contribution in [0.2, 0.25) is 0 Å². The van der Waals surface area contributed by atoms with Gasteiger partial charge in [-0.1, -0.05) is 30.3 Å². The molecule has 7 heteroatoms. The summed E-state index contributed by atoms with van der Waals surface area (Å²) in [5.74, 6) is -0.144. The molecule has 0 aliphatic rings. The lowest BCUT2D eigenvalue weighted by molar-refractivity contribution is -0.134. The van der Waals surface area contributed by atoms with E-state index in [4.69, 9.17) is 13.9 Å². The molecule has 156 valence electrons. The molecule has 3 rings (SSSR count). The molecule has 0 aliphatic heterocycles. The summed E-state index contributed by atoms with van der Waals surface area (Å²) in [5.41, 5.74) is 2.25. The first-order chi connectivity index (χ1) is 14.4. The van der Waals surface area contributed by atoms with Gasteiger partial charge in [-0.2, -0.15) is 0 Å². The van der Waals surface area contributed by atoms with E-state index in [2.05, 4.69) is 5.32 Å². The van der Waals surface area contributed by atoms with Gasteiger partial charge >= 0.3 is 17.7 Å². The lowest BCUT2D eigenvalue weighted by Crippen LogP contribution is -2.26. The number of rotatable bonds is 7. The molecule has 0 atom stereocenters. The molecule has 2 aromatic carbocycles. The van der Waals surface area contributed by atoms with Crippen molar-refractivity contribution in [3.63, 3.8) is 0 Å². The molecule has 7 nitrogen and oxygen atoms in total. The van der Waals surface area contributed by atoms with Crippen molar-refractivity contribution in [2.24, 2.45) is 0 Å². The van der Waals surface area contributed by atoms with Crippen molar-refractivity contribution in [1.29, 1.82) is 0 Å². The SMILES string of the molecule is Cc1c(C)c2ccc(OC(=O)CCCNC(=O)OCc3ccccc3)cc2oc1=O. The van der Waals surface area contributed by atoms with E-state index in [0.717, 1.165) is 16.5 Å². The van der Waals surface area contributed by atoms with Gasteiger partial charge in [-0.05, 0) is 43.5 Å². The van der Waals surface area contributed by atoms with Crippen molar-refractivity contribution in [3.05, 3.63) is 75.6 Å². The quantitative estimate of drug-likeness (QED) is 0.274. The number of alkyl carbamates (subject to hydrolysis) is 1. The van der Waals surface area contributed by atoms with E-state index >= 15 is 0 Å². The Balaban J connectivity index is 1.43. The second-order valence-corrected chi connectivity index (χ2v) is 6.86. The molecule has 0 bridgehead atoms. The molecule has 0 spiro atoms. The highest BCUT2D eigenvalue weighted by Crippen LogP contribution is 2.24. The Morgan fingerprint density at radius 1 is 1.03 bits per heavy atom. The minimum Gasteiger partial charge on any atom is -0.445 e. The van der Waals surface area contributed by atoms with Gasteiger partial charge in [0.2, 0.25) is 0 Å². The average molecular weight is 409 g/mol. The smallest absolute Gasteiger partial charge is 0.407 e. The fourth-order valence-corrected chi connectivity index (χ4v) is 2.87. The number of carbonyl (C=O) groups excluding carboxylic acids is 2. The van der Waals surface area contributed by atoms with Crippen molar-refractivity contribution >= 4 is 23.0 Å². The maximum atomic E-state index is 12.0. The third-order valence-electron chi connectivity index (χ3n) is 4.70. The van der Waals surface area contributed by atoms with Crippen LogP contribution in [0.3, 0.4) is 0 Å². The predicted molar refractivity (Wildman–Crippen MR) is 111 cm³/mol. The highest BCUT2D eigenvalue weighted by molar-refractivity contribution is 5.83. The van der Waals surface area contributed by atoms with Gasteiger partial charge in [0.25, 0.3) is 0 Å². The fourth-order valence-electron chi connectivity index (χ4n) is 2.87. The molecule has 1 amide bonds. The van der Waals surface area contributed by atoms with Crippen LogP contribution >= 0.6 is 0 Å². The fraction of sp³-hybridized carbons (Fsp3) is 0.261. The number of aryl methyl sites for hydroxylation is 1. The van der Waals surface area contributed by atoms with Crippen molar-refractivity contribution in [3.8, 4) is 5.75 Å². The lowest BCUT2D eigenvalue weighted by atomic mass is 10.1. The summed E-state index contributed by atoms with van der Waals surface area (Å²) >= 11 is 0. The van der Waals surface area contributed by atoms with Gasteiger partial charge in [0.15, 0.2) is 0 Å². The Bertz CT molecular complexity index is 1100. The summed E-state index contributed by atoms with van der Waals surface area (Å²) in [6.07, 6.45) is -0.0175. The van der Waals surface area contributed by atoms with E-state index in [-0.39, 0.29) is 19.6 Å². The number of esters is 1. The molecule has 30 heavy (non-hydrogen) atoms. The van der Waals surface area contributed by atoms with Crippen LogP contribution in [-0.4, -0.2) is 18.6 Å². The van der Waals surface area contributed by atoms with Gasteiger partial charge in [0.1, 0.15) is 17.9 Å². The van der Waals surface area contributed by atoms with Crippen LogP contribution in [-0.2, 0) is 16.1 Å². The van der Waals surface area contributed by atoms with Crippen molar-refractivity contribution < 1.29 is 23.5 Å². The number of benzene rings is 2. The van der Waals surface area contributed by atoms with Gasteiger partial charge in [-0.3, -0.25) is 4.79 Å². The minimum atomic E-state index is -0.539. The maximum Gasteiger partial charge on any atom is 0.407 e. The Morgan fingerprint density at radius 2 is 1.80 bits per heavy atom. The average Bonchev–Trinajstić information content (AvgIpc) is 2.74. The summed E-state index contributed by atoms with van der Waals surface area (Å²) in [7, 11) is 0. The normalized spacial score (nSPS) is 10.6. The molecule has 3 aromatic rings. The summed E-state index contributed by atoms with van der Waals surface area (Å²) in [4.78, 5) is 35.5. The number of fused-ring (bicyclic) bond motifs is 1. The number of hydrogen-bond acceptors (Lipinski definition) is 6. The number of nitrogens with one attached hydrogen (secondary N) is 1. The summed E-state index contributed by atoms with van der Waals surface area (Å²) in [5, 5.41) is 3.39. The summed E-state index contributed by atoms with van der Waals surface area (Å²) in [6, 6.07) is 14.3. The summed E-state index contributed by atoms with van der Waals surface area (Å²) < 4.78 is 15.7. The molecule has 0 aliphatic carbocycles. The van der Waals surface area contributed by atoms with Crippen LogP contribution in [0.25, 0.3) is 11.0 Å². The zero-order chi connectivity index (χ0) is 21.5. The molecule has 0 saturated heterocycles. The monoisotopic (exact) mass is 409 g/mol. The molecule has 0 radical (unpaired) electrons. The van der Waals surface area contributed by atoms with Crippen LogP contribution in [0.5, 0.6) is 5.75 Å². The van der Waals surface area contributed by atoms with Crippen molar-refractivity contribution in [1.82, 2.24) is 5.32 Å². The second-order valence-electron chi connectivity index (χ2n) is 6.86. The minimum absolute atomic E-state index is 0.119. The zero-order valence-electron chi connectivity index (χ0n) is 16.9. The molecule has 1 aromatic heterocycles. The molecular formula is C23H23NO6. The van der Waals surface area contributed by atoms with Crippen molar-refractivity contribution in [2.75, 3.05) is 6.54 Å². The highest BCUT2D eigenvalue weighted by Gasteiger charge is 2.11. The largest absolute Gasteiger partial charge is 0.445 e. The number of amides is 1. The summed E-state index contributed by atoms with van der Waals surface area (Å²) in [6.45, 7) is 4.03. The molecule has 0 fully saturated rings. The lowest BCUT2D eigenvalue weighted by Gasteiger charge is -2.08. The van der Waals surface area contributed by atoms with Gasteiger partial charge in [0, 0.05) is 30.0 Å². The highest BCUT2D eigenvalue weighted by atomic mass is 16.5. The molecule has 1 N–H and O–H groups in total. The Morgan fingerprint density at radius 3 is 2.57 bits per heavy atom. The first-order valence-electron chi connectivity index (χ1n) is 9.63. The van der Waals surface area contributed by atoms with Crippen LogP contribution in [0.4, 0.5) is 4.79 Å². The van der Waals surface area contributed by atoms with Gasteiger partial charge in [-0.15, -0.1) is 0 Å². The van der Waals surface area contributed by atoms with E-state index in [9.17, 15) is 14.4 Å². The van der Waals surface area contributed by atoms with E-state index in [0.29, 0.717) is 23.3 Å². The topological polar surface area (TPSA) is 94.8 Å². The van der Waals surface area contributed by atoms with Crippen LogP contribution < -0.4 is 15.7 Å². The Kier molecular flexibility index (Phi) is 6.85. The van der Waals surface area contributed by atoms with E-state index in [1.807, 2.05) is 37.3 Å². The number of carbonyl (C=O) groups is 2. The zero-order valence-corrected chi connectivity index (χ0v) is 16.9. The van der Waals surface area contributed by atoms with E-state index < -0.39 is 17.7 Å². The van der Waals surface area contributed by atoms with Crippen LogP contribution in [0.15, 0.2) is 57.7 Å². The molecule has 0 saturated carbocycles. The molecule has 1 heterocycles. The Labute approximate surface area is 173 Å². The first kappa shape index (κ1) is 21.1. The van der Waals surface area contributed by atoms with Gasteiger partial charge < -0.3 is 19.2 Å². The first-order valence-corrected chi connectivity index (χ1v) is 9.63. The number of ether oxygens (including phenoxy) is 2. The van der Waals surface area contributed by atoms with E-state index in [1.165, 1.54) is 6.07 Å². The van der Waals surface area contributed by atoms with Gasteiger partial charge in [0.05, 0.1) is 0 Å². The molecule has 0 unspecified atom stereocenters. The van der Waals surface area contributed by atoms with Gasteiger partial charge in [-0.25, -0.2) is 9.59 Å². The van der Waals surface area contributed by atoms with E-state index in [1.54, 1.807) is 19.1 Å². The second kappa shape index (κ2) is 9.73. The molecular weight excluding hydrogens is 386 g/mol. The maximum absolute atomic E-state index is 12.0. The number of hydrogen-bond donors (Lipinski definition) is 1. The van der Waals surface area contributed by atoms with Crippen LogP contribution in [0.1, 0.15) is 29.5 Å². The third-order valence-corrected chi connectivity index (χ3v) is 4.70. The van der Waals surface area contributed by atoms with Crippen LogP contribution in [0, 0.1) is 13.8 Å².